The maximum Gasteiger partial charge on any atom is 0.312 e. The van der Waals surface area contributed by atoms with Crippen LogP contribution in [0.5, 0.6) is 5.75 Å². The van der Waals surface area contributed by atoms with E-state index in [1.807, 2.05) is 12.1 Å². The Bertz CT molecular complexity index is 1090. The molecule has 1 atom stereocenters. The number of nitrogens with zero attached hydrogens (tertiary/aromatic N) is 1. The molecular weight excluding hydrogens is 447 g/mol. The molecule has 6 nitrogen and oxygen atoms in total. The van der Waals surface area contributed by atoms with Crippen molar-refractivity contribution in [1.29, 1.82) is 0 Å². The maximum absolute atomic E-state index is 14.3. The van der Waals surface area contributed by atoms with Gasteiger partial charge in [0.15, 0.2) is 0 Å². The predicted octanol–water partition coefficient (Wildman–Crippen LogP) is 4.58. The van der Waals surface area contributed by atoms with E-state index in [4.69, 9.17) is 9.47 Å². The lowest BCUT2D eigenvalue weighted by molar-refractivity contribution is -0.135. The summed E-state index contributed by atoms with van der Waals surface area (Å²) in [5.74, 6) is -0.0924. The molecule has 1 N–H and O–H groups in total. The fraction of sp³-hybridized carbons (Fsp3) is 0.500. The van der Waals surface area contributed by atoms with E-state index in [9.17, 15) is 14.0 Å². The van der Waals surface area contributed by atoms with Gasteiger partial charge in [-0.1, -0.05) is 37.5 Å². The number of morpholine rings is 1. The van der Waals surface area contributed by atoms with Crippen LogP contribution >= 0.6 is 0 Å². The highest BCUT2D eigenvalue weighted by atomic mass is 19.1. The first-order valence-electron chi connectivity index (χ1n) is 12.7. The maximum atomic E-state index is 14.3. The summed E-state index contributed by atoms with van der Waals surface area (Å²) in [4.78, 5) is 28.3. The number of hydrogen-bond acceptors (Lipinski definition) is 5. The number of benzene rings is 2. The van der Waals surface area contributed by atoms with E-state index in [-0.39, 0.29) is 23.6 Å². The standard InChI is InChI=1S/C28H33FN2O4/c1-19-24(29)12-11-23-26(19)30-27(33)28(23,20-5-3-2-4-6-20)21-7-9-22(10-8-21)35-25(32)13-14-31-15-17-34-18-16-31/h7-12,20H,2-6,13-18H2,1H3,(H,30,33). The van der Waals surface area contributed by atoms with Gasteiger partial charge in [0.2, 0.25) is 5.91 Å². The first-order chi connectivity index (χ1) is 17.0. The van der Waals surface area contributed by atoms with Crippen molar-refractivity contribution in [2.45, 2.75) is 50.9 Å². The largest absolute Gasteiger partial charge is 0.426 e. The number of hydrogen-bond donors (Lipinski definition) is 1. The molecule has 0 aromatic heterocycles. The van der Waals surface area contributed by atoms with Crippen LogP contribution in [0.25, 0.3) is 0 Å². The van der Waals surface area contributed by atoms with E-state index in [0.717, 1.165) is 49.9 Å². The minimum atomic E-state index is -0.868. The van der Waals surface area contributed by atoms with Gasteiger partial charge in [-0.3, -0.25) is 14.5 Å². The number of carbonyl (C=O) groups is 2. The number of rotatable bonds is 6. The van der Waals surface area contributed by atoms with Gasteiger partial charge in [0.05, 0.1) is 25.3 Å². The van der Waals surface area contributed by atoms with Gasteiger partial charge in [0.25, 0.3) is 0 Å². The first kappa shape index (κ1) is 23.9. The van der Waals surface area contributed by atoms with Gasteiger partial charge in [-0.15, -0.1) is 0 Å². The first-order valence-corrected chi connectivity index (χ1v) is 12.7. The molecule has 0 bridgehead atoms. The fourth-order valence-electron chi connectivity index (χ4n) is 6.02. The molecule has 5 rings (SSSR count). The molecule has 1 saturated carbocycles. The number of carbonyl (C=O) groups excluding carboxylic acids is 2. The second kappa shape index (κ2) is 10.1. The van der Waals surface area contributed by atoms with Crippen molar-refractivity contribution >= 4 is 17.6 Å². The molecule has 2 aromatic rings. The highest BCUT2D eigenvalue weighted by Crippen LogP contribution is 2.53. The molecule has 35 heavy (non-hydrogen) atoms. The van der Waals surface area contributed by atoms with Crippen molar-refractivity contribution < 1.29 is 23.5 Å². The number of fused-ring (bicyclic) bond motifs is 1. The molecule has 2 aromatic carbocycles. The normalized spacial score (nSPS) is 23.1. The van der Waals surface area contributed by atoms with Gasteiger partial charge in [0.1, 0.15) is 17.0 Å². The van der Waals surface area contributed by atoms with E-state index in [1.165, 1.54) is 12.5 Å². The van der Waals surface area contributed by atoms with Crippen LogP contribution in [0.2, 0.25) is 0 Å². The molecule has 0 radical (unpaired) electrons. The number of nitrogens with one attached hydrogen (secondary N) is 1. The Morgan fingerprint density at radius 3 is 2.54 bits per heavy atom. The highest BCUT2D eigenvalue weighted by molar-refractivity contribution is 6.09. The van der Waals surface area contributed by atoms with Gasteiger partial charge in [-0.05, 0) is 55.0 Å². The van der Waals surface area contributed by atoms with Gasteiger partial charge in [-0.25, -0.2) is 4.39 Å². The Morgan fingerprint density at radius 1 is 1.11 bits per heavy atom. The minimum absolute atomic E-state index is 0.0941. The average Bonchev–Trinajstić information content (AvgIpc) is 3.20. The minimum Gasteiger partial charge on any atom is -0.426 e. The molecule has 7 heteroatoms. The average molecular weight is 481 g/mol. The lowest BCUT2D eigenvalue weighted by Gasteiger charge is -2.39. The number of ether oxygens (including phenoxy) is 2. The summed E-state index contributed by atoms with van der Waals surface area (Å²) in [7, 11) is 0. The molecule has 186 valence electrons. The molecule has 1 aliphatic carbocycles. The van der Waals surface area contributed by atoms with Gasteiger partial charge in [-0.2, -0.15) is 0 Å². The molecule has 2 aliphatic heterocycles. The summed E-state index contributed by atoms with van der Waals surface area (Å²) >= 11 is 0. The third-order valence-corrected chi connectivity index (χ3v) is 7.92. The van der Waals surface area contributed by atoms with E-state index in [1.54, 1.807) is 25.1 Å². The monoisotopic (exact) mass is 480 g/mol. The smallest absolute Gasteiger partial charge is 0.312 e. The summed E-state index contributed by atoms with van der Waals surface area (Å²) in [6.45, 7) is 5.42. The van der Waals surface area contributed by atoms with Crippen LogP contribution in [-0.2, 0) is 19.7 Å². The van der Waals surface area contributed by atoms with Crippen molar-refractivity contribution in [3.05, 3.63) is 58.9 Å². The van der Waals surface area contributed by atoms with E-state index in [0.29, 0.717) is 43.2 Å². The zero-order valence-electron chi connectivity index (χ0n) is 20.3. The van der Waals surface area contributed by atoms with Crippen molar-refractivity contribution in [1.82, 2.24) is 4.90 Å². The van der Waals surface area contributed by atoms with E-state index >= 15 is 0 Å². The van der Waals surface area contributed by atoms with Crippen molar-refractivity contribution in [3.8, 4) is 5.75 Å². The topological polar surface area (TPSA) is 67.9 Å². The molecule has 2 heterocycles. The summed E-state index contributed by atoms with van der Waals surface area (Å²) in [6.07, 6.45) is 5.53. The zero-order valence-corrected chi connectivity index (χ0v) is 20.3. The van der Waals surface area contributed by atoms with Crippen LogP contribution in [0.1, 0.15) is 55.2 Å². The van der Waals surface area contributed by atoms with Crippen molar-refractivity contribution in [2.24, 2.45) is 5.92 Å². The highest BCUT2D eigenvalue weighted by Gasteiger charge is 2.54. The summed E-state index contributed by atoms with van der Waals surface area (Å²) < 4.78 is 25.3. The van der Waals surface area contributed by atoms with Crippen molar-refractivity contribution in [2.75, 3.05) is 38.2 Å². The third-order valence-electron chi connectivity index (χ3n) is 7.92. The molecule has 3 aliphatic rings. The van der Waals surface area contributed by atoms with Crippen molar-refractivity contribution in [3.63, 3.8) is 0 Å². The SMILES string of the molecule is Cc1c(F)ccc2c1NC(=O)C2(c1ccc(OC(=O)CCN2CCOCC2)cc1)C1CCCCC1. The second-order valence-electron chi connectivity index (χ2n) is 9.89. The third kappa shape index (κ3) is 4.47. The van der Waals surface area contributed by atoms with E-state index in [2.05, 4.69) is 10.2 Å². The van der Waals surface area contributed by atoms with Crippen LogP contribution in [0.3, 0.4) is 0 Å². The summed E-state index contributed by atoms with van der Waals surface area (Å²) in [5.41, 5.74) is 1.91. The predicted molar refractivity (Wildman–Crippen MR) is 131 cm³/mol. The van der Waals surface area contributed by atoms with Crippen LogP contribution in [0.4, 0.5) is 10.1 Å². The molecule has 1 saturated heterocycles. The quantitative estimate of drug-likeness (QED) is 0.484. The number of anilines is 1. The van der Waals surface area contributed by atoms with Crippen LogP contribution in [0, 0.1) is 18.7 Å². The van der Waals surface area contributed by atoms with Crippen LogP contribution in [0.15, 0.2) is 36.4 Å². The van der Waals surface area contributed by atoms with Gasteiger partial charge < -0.3 is 14.8 Å². The molecule has 1 unspecified atom stereocenters. The number of esters is 1. The molecule has 1 amide bonds. The number of halogens is 1. The van der Waals surface area contributed by atoms with Gasteiger partial charge >= 0.3 is 5.97 Å². The molecular formula is C28H33FN2O4. The summed E-state index contributed by atoms with van der Waals surface area (Å²) in [6, 6.07) is 10.6. The van der Waals surface area contributed by atoms with E-state index < -0.39 is 5.41 Å². The Kier molecular flexibility index (Phi) is 6.89. The zero-order chi connectivity index (χ0) is 24.4. The Labute approximate surface area is 205 Å². The fourth-order valence-corrected chi connectivity index (χ4v) is 6.02. The second-order valence-corrected chi connectivity index (χ2v) is 9.89. The molecule has 0 spiro atoms. The Morgan fingerprint density at radius 2 is 1.83 bits per heavy atom. The molecule has 2 fully saturated rings. The lowest BCUT2D eigenvalue weighted by atomic mass is 9.62. The Balaban J connectivity index is 1.40. The van der Waals surface area contributed by atoms with Crippen LogP contribution < -0.4 is 10.1 Å². The Hall–Kier alpha value is -2.77. The lowest BCUT2D eigenvalue weighted by Crippen LogP contribution is -2.43. The van der Waals surface area contributed by atoms with Gasteiger partial charge in [0, 0.05) is 25.2 Å². The van der Waals surface area contributed by atoms with Crippen LogP contribution in [-0.4, -0.2) is 49.6 Å². The number of amides is 1. The summed E-state index contributed by atoms with van der Waals surface area (Å²) in [5, 5.41) is 3.01.